The molecule has 0 spiro atoms. The lowest BCUT2D eigenvalue weighted by atomic mass is 9.61. The van der Waals surface area contributed by atoms with Gasteiger partial charge in [0.1, 0.15) is 0 Å². The zero-order valence-electron chi connectivity index (χ0n) is 12.8. The van der Waals surface area contributed by atoms with Gasteiger partial charge in [0.15, 0.2) is 0 Å². The van der Waals surface area contributed by atoms with Gasteiger partial charge in [-0.25, -0.2) is 0 Å². The van der Waals surface area contributed by atoms with Gasteiger partial charge in [-0.05, 0) is 24.7 Å². The summed E-state index contributed by atoms with van der Waals surface area (Å²) in [4.78, 5) is 22.7. The van der Waals surface area contributed by atoms with Crippen LogP contribution in [0.25, 0.3) is 0 Å². The van der Waals surface area contributed by atoms with Crippen molar-refractivity contribution in [3.05, 3.63) is 0 Å². The van der Waals surface area contributed by atoms with Crippen LogP contribution in [0.5, 0.6) is 0 Å². The number of rotatable bonds is 8. The summed E-state index contributed by atoms with van der Waals surface area (Å²) < 4.78 is 0. The van der Waals surface area contributed by atoms with Gasteiger partial charge in [-0.3, -0.25) is 9.59 Å². The highest BCUT2D eigenvalue weighted by atomic mass is 16.4. The fourth-order valence-corrected chi connectivity index (χ4v) is 2.47. The van der Waals surface area contributed by atoms with E-state index in [2.05, 4.69) is 0 Å². The SMILES string of the molecule is CCCCC(CCC(C)C(=O)O)(C(=O)O)C(C)(C)C. The summed E-state index contributed by atoms with van der Waals surface area (Å²) in [5.41, 5.74) is -1.22. The summed E-state index contributed by atoms with van der Waals surface area (Å²) in [7, 11) is 0. The number of carbonyl (C=O) groups is 2. The van der Waals surface area contributed by atoms with E-state index in [-0.39, 0.29) is 5.41 Å². The van der Waals surface area contributed by atoms with E-state index >= 15 is 0 Å². The molecule has 0 aliphatic carbocycles. The predicted octanol–water partition coefficient (Wildman–Crippen LogP) is 3.79. The lowest BCUT2D eigenvalue weighted by Crippen LogP contribution is -2.43. The number of carboxylic acids is 2. The van der Waals surface area contributed by atoms with E-state index < -0.39 is 23.3 Å². The number of hydrogen-bond acceptors (Lipinski definition) is 2. The van der Waals surface area contributed by atoms with Crippen LogP contribution in [0.2, 0.25) is 0 Å². The Labute approximate surface area is 116 Å². The van der Waals surface area contributed by atoms with Crippen molar-refractivity contribution in [3.63, 3.8) is 0 Å². The quantitative estimate of drug-likeness (QED) is 0.705. The Morgan fingerprint density at radius 3 is 1.95 bits per heavy atom. The van der Waals surface area contributed by atoms with Crippen molar-refractivity contribution in [3.8, 4) is 0 Å². The first-order chi connectivity index (χ1) is 8.58. The number of unbranched alkanes of at least 4 members (excludes halogenated alkanes) is 1. The monoisotopic (exact) mass is 272 g/mol. The Kier molecular flexibility index (Phi) is 6.53. The van der Waals surface area contributed by atoms with E-state index in [4.69, 9.17) is 5.11 Å². The molecule has 2 N–H and O–H groups in total. The van der Waals surface area contributed by atoms with Gasteiger partial charge in [0.05, 0.1) is 11.3 Å². The van der Waals surface area contributed by atoms with E-state index in [0.29, 0.717) is 19.3 Å². The molecule has 0 aliphatic rings. The molecule has 0 heterocycles. The van der Waals surface area contributed by atoms with Crippen molar-refractivity contribution >= 4 is 11.9 Å². The van der Waals surface area contributed by atoms with E-state index in [1.54, 1.807) is 6.92 Å². The molecule has 4 heteroatoms. The highest BCUT2D eigenvalue weighted by Crippen LogP contribution is 2.47. The molecule has 0 aliphatic heterocycles. The second-order valence-electron chi connectivity index (χ2n) is 6.52. The van der Waals surface area contributed by atoms with Gasteiger partial charge in [-0.2, -0.15) is 0 Å². The second kappa shape index (κ2) is 6.92. The van der Waals surface area contributed by atoms with Crippen molar-refractivity contribution in [1.29, 1.82) is 0 Å². The Bertz CT molecular complexity index is 317. The van der Waals surface area contributed by atoms with Gasteiger partial charge in [-0.1, -0.05) is 47.5 Å². The molecule has 2 unspecified atom stereocenters. The summed E-state index contributed by atoms with van der Waals surface area (Å²) in [5, 5.41) is 18.6. The smallest absolute Gasteiger partial charge is 0.310 e. The van der Waals surface area contributed by atoms with Gasteiger partial charge in [0.2, 0.25) is 0 Å². The van der Waals surface area contributed by atoms with Gasteiger partial charge in [0, 0.05) is 0 Å². The Hall–Kier alpha value is -1.06. The maximum Gasteiger partial charge on any atom is 0.310 e. The summed E-state index contributed by atoms with van der Waals surface area (Å²) in [6.45, 7) is 9.47. The third kappa shape index (κ3) is 4.51. The minimum atomic E-state index is -0.858. The molecule has 0 saturated heterocycles. The lowest BCUT2D eigenvalue weighted by Gasteiger charge is -2.42. The zero-order valence-corrected chi connectivity index (χ0v) is 12.8. The van der Waals surface area contributed by atoms with Gasteiger partial charge >= 0.3 is 11.9 Å². The van der Waals surface area contributed by atoms with Crippen molar-refractivity contribution in [2.75, 3.05) is 0 Å². The minimum absolute atomic E-state index is 0.383. The molecule has 112 valence electrons. The van der Waals surface area contributed by atoms with Crippen molar-refractivity contribution in [1.82, 2.24) is 0 Å². The summed E-state index contributed by atoms with van der Waals surface area (Å²) in [5.74, 6) is -2.16. The Morgan fingerprint density at radius 1 is 1.11 bits per heavy atom. The van der Waals surface area contributed by atoms with Crippen molar-refractivity contribution in [2.24, 2.45) is 16.7 Å². The van der Waals surface area contributed by atoms with E-state index in [9.17, 15) is 14.7 Å². The van der Waals surface area contributed by atoms with Crippen LogP contribution in [0, 0.1) is 16.7 Å². The largest absolute Gasteiger partial charge is 0.481 e. The average molecular weight is 272 g/mol. The van der Waals surface area contributed by atoms with E-state index in [0.717, 1.165) is 12.8 Å². The molecule has 0 rings (SSSR count). The third-order valence-electron chi connectivity index (χ3n) is 4.23. The van der Waals surface area contributed by atoms with Crippen LogP contribution < -0.4 is 0 Å². The van der Waals surface area contributed by atoms with Crippen LogP contribution in [-0.4, -0.2) is 22.2 Å². The Morgan fingerprint density at radius 2 is 1.63 bits per heavy atom. The first-order valence-corrected chi connectivity index (χ1v) is 7.04. The van der Waals surface area contributed by atoms with E-state index in [1.807, 2.05) is 27.7 Å². The molecule has 0 bridgehead atoms. The molecular weight excluding hydrogens is 244 g/mol. The van der Waals surface area contributed by atoms with Crippen LogP contribution in [0.4, 0.5) is 0 Å². The lowest BCUT2D eigenvalue weighted by molar-refractivity contribution is -0.159. The van der Waals surface area contributed by atoms with Gasteiger partial charge < -0.3 is 10.2 Å². The first-order valence-electron chi connectivity index (χ1n) is 7.04. The molecular formula is C15H28O4. The molecule has 0 fully saturated rings. The fraction of sp³-hybridized carbons (Fsp3) is 0.867. The molecule has 4 nitrogen and oxygen atoms in total. The van der Waals surface area contributed by atoms with Crippen LogP contribution in [0.15, 0.2) is 0 Å². The number of hydrogen-bond donors (Lipinski definition) is 2. The maximum absolute atomic E-state index is 11.8. The van der Waals surface area contributed by atoms with Crippen LogP contribution in [0.1, 0.15) is 66.7 Å². The molecule has 0 radical (unpaired) electrons. The third-order valence-corrected chi connectivity index (χ3v) is 4.23. The predicted molar refractivity (Wildman–Crippen MR) is 75.1 cm³/mol. The molecule has 0 aromatic carbocycles. The normalized spacial score (nSPS) is 16.7. The summed E-state index contributed by atoms with van der Waals surface area (Å²) in [6.07, 6.45) is 3.22. The highest BCUT2D eigenvalue weighted by Gasteiger charge is 2.47. The first kappa shape index (κ1) is 17.9. The number of carboxylic acid groups (broad SMARTS) is 2. The van der Waals surface area contributed by atoms with Crippen LogP contribution in [0.3, 0.4) is 0 Å². The summed E-state index contributed by atoms with van der Waals surface area (Å²) >= 11 is 0. The van der Waals surface area contributed by atoms with Gasteiger partial charge in [-0.15, -0.1) is 0 Å². The highest BCUT2D eigenvalue weighted by molar-refractivity contribution is 5.76. The molecule has 0 aromatic rings. The van der Waals surface area contributed by atoms with Crippen LogP contribution in [-0.2, 0) is 9.59 Å². The molecule has 0 saturated carbocycles. The molecule has 2 atom stereocenters. The van der Waals surface area contributed by atoms with Crippen molar-refractivity contribution < 1.29 is 19.8 Å². The standard InChI is InChI=1S/C15H28O4/c1-6-7-9-15(13(18)19,14(3,4)5)10-8-11(2)12(16)17/h11H,6-10H2,1-5H3,(H,16,17)(H,18,19). The van der Waals surface area contributed by atoms with Gasteiger partial charge in [0.25, 0.3) is 0 Å². The van der Waals surface area contributed by atoms with E-state index in [1.165, 1.54) is 0 Å². The Balaban J connectivity index is 5.12. The second-order valence-corrected chi connectivity index (χ2v) is 6.52. The fourth-order valence-electron chi connectivity index (χ4n) is 2.47. The molecule has 0 amide bonds. The molecule has 0 aromatic heterocycles. The number of aliphatic carboxylic acids is 2. The maximum atomic E-state index is 11.8. The van der Waals surface area contributed by atoms with Crippen molar-refractivity contribution in [2.45, 2.75) is 66.7 Å². The summed E-state index contributed by atoms with van der Waals surface area (Å²) in [6, 6.07) is 0. The van der Waals surface area contributed by atoms with Crippen LogP contribution >= 0.6 is 0 Å². The topological polar surface area (TPSA) is 74.6 Å². The zero-order chi connectivity index (χ0) is 15.3. The molecule has 19 heavy (non-hydrogen) atoms. The minimum Gasteiger partial charge on any atom is -0.481 e. The average Bonchev–Trinajstić information content (AvgIpc) is 2.26.